The van der Waals surface area contributed by atoms with E-state index in [2.05, 4.69) is 40.8 Å². The summed E-state index contributed by atoms with van der Waals surface area (Å²) in [4.78, 5) is 0. The standard InChI is InChI=1S/C23H41Si/c1-18-19(2)22(23(4,20(18)3)24(5)6)21-16-14-12-10-8-7-9-11-13-15-17-21/h24H,7-17H2,1-6H3. The Labute approximate surface area is 153 Å². The van der Waals surface area contributed by atoms with Gasteiger partial charge in [-0.05, 0) is 44.8 Å². The minimum Gasteiger partial charge on any atom is -0.0712 e. The molecule has 2 aliphatic rings. The van der Waals surface area contributed by atoms with Crippen molar-refractivity contribution in [2.75, 3.05) is 0 Å². The zero-order valence-electron chi connectivity index (χ0n) is 17.4. The lowest BCUT2D eigenvalue weighted by Crippen LogP contribution is -2.29. The summed E-state index contributed by atoms with van der Waals surface area (Å²) >= 11 is 0. The van der Waals surface area contributed by atoms with Crippen LogP contribution in [0.4, 0.5) is 0 Å². The highest BCUT2D eigenvalue weighted by Gasteiger charge is 2.44. The topological polar surface area (TPSA) is 0 Å². The summed E-state index contributed by atoms with van der Waals surface area (Å²) in [6.45, 7) is 14.9. The number of hydrogen-bond donors (Lipinski definition) is 0. The van der Waals surface area contributed by atoms with Crippen molar-refractivity contribution in [3.05, 3.63) is 28.2 Å². The van der Waals surface area contributed by atoms with E-state index in [0.717, 1.165) is 0 Å². The molecule has 1 unspecified atom stereocenters. The molecule has 1 radical (unpaired) electrons. The molecule has 0 spiro atoms. The van der Waals surface area contributed by atoms with Crippen LogP contribution in [-0.2, 0) is 0 Å². The molecule has 0 heterocycles. The fourth-order valence-corrected chi connectivity index (χ4v) is 7.16. The normalized spacial score (nSPS) is 29.1. The summed E-state index contributed by atoms with van der Waals surface area (Å²) in [6.07, 6.45) is 15.8. The van der Waals surface area contributed by atoms with Crippen molar-refractivity contribution in [1.82, 2.24) is 0 Å². The van der Waals surface area contributed by atoms with Crippen LogP contribution in [0.15, 0.2) is 22.3 Å². The van der Waals surface area contributed by atoms with Crippen LogP contribution in [0.25, 0.3) is 0 Å². The van der Waals surface area contributed by atoms with Gasteiger partial charge in [0.2, 0.25) is 0 Å². The monoisotopic (exact) mass is 345 g/mol. The maximum absolute atomic E-state index is 2.58. The SMILES string of the molecule is CC1=C(C)C(C)([SiH](C)C)C([C]2CCCCCCCCCCC2)=C1C. The smallest absolute Gasteiger partial charge is 0.0471 e. The van der Waals surface area contributed by atoms with Gasteiger partial charge >= 0.3 is 0 Å². The predicted octanol–water partition coefficient (Wildman–Crippen LogP) is 7.78. The van der Waals surface area contributed by atoms with Crippen LogP contribution in [-0.4, -0.2) is 8.80 Å². The Hall–Kier alpha value is -0.303. The van der Waals surface area contributed by atoms with Gasteiger partial charge in [-0.2, -0.15) is 0 Å². The van der Waals surface area contributed by atoms with Gasteiger partial charge in [-0.1, -0.05) is 89.0 Å². The maximum atomic E-state index is 2.58. The van der Waals surface area contributed by atoms with Crippen LogP contribution in [0.1, 0.15) is 98.3 Å². The van der Waals surface area contributed by atoms with E-state index in [4.69, 9.17) is 0 Å². The van der Waals surface area contributed by atoms with Crippen LogP contribution in [0.3, 0.4) is 0 Å². The summed E-state index contributed by atoms with van der Waals surface area (Å²) in [6, 6.07) is 0. The first-order valence-electron chi connectivity index (χ1n) is 10.7. The third-order valence-corrected chi connectivity index (χ3v) is 10.3. The van der Waals surface area contributed by atoms with Crippen molar-refractivity contribution in [1.29, 1.82) is 0 Å². The first-order chi connectivity index (χ1) is 11.4. The Bertz CT molecular complexity index is 470. The molecule has 0 saturated heterocycles. The Morgan fingerprint density at radius 1 is 0.667 bits per heavy atom. The molecule has 0 aromatic heterocycles. The largest absolute Gasteiger partial charge is 0.0712 e. The Balaban J connectivity index is 2.23. The van der Waals surface area contributed by atoms with Crippen LogP contribution < -0.4 is 0 Å². The van der Waals surface area contributed by atoms with Crippen LogP contribution >= 0.6 is 0 Å². The fourth-order valence-electron chi connectivity index (χ4n) is 5.08. The van der Waals surface area contributed by atoms with E-state index in [-0.39, 0.29) is 0 Å². The minimum absolute atomic E-state index is 0.403. The number of allylic oxidation sites excluding steroid dienone is 4. The molecule has 0 N–H and O–H groups in total. The second kappa shape index (κ2) is 8.88. The van der Waals surface area contributed by atoms with Crippen LogP contribution in [0.5, 0.6) is 0 Å². The molecule has 0 aromatic carbocycles. The maximum Gasteiger partial charge on any atom is 0.0471 e. The molecule has 0 nitrogen and oxygen atoms in total. The van der Waals surface area contributed by atoms with Gasteiger partial charge in [0, 0.05) is 19.8 Å². The molecule has 0 bridgehead atoms. The molecule has 24 heavy (non-hydrogen) atoms. The second-order valence-corrected chi connectivity index (χ2v) is 12.4. The van der Waals surface area contributed by atoms with E-state index < -0.39 is 8.80 Å². The average Bonchev–Trinajstić information content (AvgIpc) is 2.71. The van der Waals surface area contributed by atoms with Gasteiger partial charge in [0.05, 0.1) is 0 Å². The van der Waals surface area contributed by atoms with Gasteiger partial charge in [0.1, 0.15) is 0 Å². The summed E-state index contributed by atoms with van der Waals surface area (Å²) in [5, 5.41) is 0.403. The highest BCUT2D eigenvalue weighted by molar-refractivity contribution is 6.61. The summed E-state index contributed by atoms with van der Waals surface area (Å²) in [7, 11) is -0.801. The zero-order chi connectivity index (χ0) is 17.7. The number of hydrogen-bond acceptors (Lipinski definition) is 0. The minimum atomic E-state index is -0.801. The van der Waals surface area contributed by atoms with E-state index in [0.29, 0.717) is 5.04 Å². The van der Waals surface area contributed by atoms with E-state index >= 15 is 0 Å². The van der Waals surface area contributed by atoms with Gasteiger partial charge in [0.25, 0.3) is 0 Å². The van der Waals surface area contributed by atoms with Gasteiger partial charge in [-0.3, -0.25) is 0 Å². The first kappa shape index (κ1) is 20.0. The lowest BCUT2D eigenvalue weighted by atomic mass is 9.80. The molecule has 0 amide bonds. The third kappa shape index (κ3) is 4.09. The van der Waals surface area contributed by atoms with Gasteiger partial charge in [0.15, 0.2) is 0 Å². The molecule has 2 rings (SSSR count). The highest BCUT2D eigenvalue weighted by atomic mass is 28.3. The molecule has 2 aliphatic carbocycles. The van der Waals surface area contributed by atoms with Crippen molar-refractivity contribution >= 4 is 8.80 Å². The molecule has 1 fully saturated rings. The average molecular weight is 346 g/mol. The molecule has 0 aliphatic heterocycles. The van der Waals surface area contributed by atoms with Gasteiger partial charge < -0.3 is 0 Å². The van der Waals surface area contributed by atoms with Crippen molar-refractivity contribution in [2.24, 2.45) is 0 Å². The number of rotatable bonds is 2. The van der Waals surface area contributed by atoms with E-state index in [1.54, 1.807) is 22.3 Å². The van der Waals surface area contributed by atoms with Gasteiger partial charge in [-0.25, -0.2) is 0 Å². The first-order valence-corrected chi connectivity index (χ1v) is 13.5. The molecule has 1 saturated carbocycles. The lowest BCUT2D eigenvalue weighted by Gasteiger charge is -2.38. The Morgan fingerprint density at radius 3 is 1.50 bits per heavy atom. The quantitative estimate of drug-likeness (QED) is 0.448. The molecular formula is C23H41Si. The zero-order valence-corrected chi connectivity index (χ0v) is 18.5. The highest BCUT2D eigenvalue weighted by Crippen LogP contribution is 2.58. The molecule has 1 atom stereocenters. The van der Waals surface area contributed by atoms with Crippen molar-refractivity contribution in [3.8, 4) is 0 Å². The van der Waals surface area contributed by atoms with Crippen molar-refractivity contribution in [2.45, 2.75) is 116 Å². The van der Waals surface area contributed by atoms with E-state index in [1.807, 2.05) is 5.92 Å². The summed E-state index contributed by atoms with van der Waals surface area (Å²) in [5.41, 5.74) is 6.73. The lowest BCUT2D eigenvalue weighted by molar-refractivity contribution is 0.518. The molecule has 0 aromatic rings. The summed E-state index contributed by atoms with van der Waals surface area (Å²) in [5.74, 6) is 1.84. The predicted molar refractivity (Wildman–Crippen MR) is 112 cm³/mol. The molecular weight excluding hydrogens is 304 g/mol. The van der Waals surface area contributed by atoms with Crippen molar-refractivity contribution in [3.63, 3.8) is 0 Å². The molecule has 137 valence electrons. The van der Waals surface area contributed by atoms with Crippen LogP contribution in [0, 0.1) is 5.92 Å². The third-order valence-electron chi connectivity index (χ3n) is 7.26. The summed E-state index contributed by atoms with van der Waals surface area (Å²) < 4.78 is 0. The van der Waals surface area contributed by atoms with Gasteiger partial charge in [-0.15, -0.1) is 0 Å². The van der Waals surface area contributed by atoms with Crippen molar-refractivity contribution < 1.29 is 0 Å². The Morgan fingerprint density at radius 2 is 1.08 bits per heavy atom. The fraction of sp³-hybridized carbons (Fsp3) is 0.783. The van der Waals surface area contributed by atoms with Crippen LogP contribution in [0.2, 0.25) is 18.1 Å². The van der Waals surface area contributed by atoms with E-state index in [9.17, 15) is 0 Å². The molecule has 1 heteroatoms. The Kier molecular flexibility index (Phi) is 7.40. The second-order valence-electron chi connectivity index (χ2n) is 8.89. The van der Waals surface area contributed by atoms with E-state index in [1.165, 1.54) is 70.6 Å².